The predicted molar refractivity (Wildman–Crippen MR) is 408 cm³/mol. The van der Waals surface area contributed by atoms with Gasteiger partial charge in [0, 0.05) is 77.5 Å². The molecule has 6 bridgehead atoms. The van der Waals surface area contributed by atoms with E-state index in [1.54, 1.807) is 32.0 Å². The number of aliphatic hydroxyl groups is 2. The highest BCUT2D eigenvalue weighted by Crippen LogP contribution is 2.46. The summed E-state index contributed by atoms with van der Waals surface area (Å²) in [4.78, 5) is 44.7. The molecular weight excluding hydrogens is 1620 g/mol. The van der Waals surface area contributed by atoms with Crippen molar-refractivity contribution in [3.8, 4) is 0 Å². The number of anilines is 3. The molecule has 0 saturated heterocycles. The molecule has 2 unspecified atom stereocenters. The Morgan fingerprint density at radius 2 is 1.01 bits per heavy atom. The molecule has 45 heteroatoms. The van der Waals surface area contributed by atoms with Crippen molar-refractivity contribution >= 4 is 191 Å². The average Bonchev–Trinajstić information content (AvgIpc) is 1.56. The summed E-state index contributed by atoms with van der Waals surface area (Å²) in [6.07, 6.45) is 0.245. The summed E-state index contributed by atoms with van der Waals surface area (Å²) in [6.45, 7) is 4.20. The molecule has 0 radical (unpaired) electrons. The number of aromatic nitrogens is 5. The number of aliphatic hydroxyl groups excluding tert-OH is 2. The maximum absolute atomic E-state index is 12.0. The zero-order chi connectivity index (χ0) is 78.3. The van der Waals surface area contributed by atoms with Gasteiger partial charge in [0.1, 0.15) is 35.1 Å². The van der Waals surface area contributed by atoms with Crippen LogP contribution in [0.25, 0.3) is 21.5 Å². The number of aryl methyl sites for hydroxylation is 1. The zero-order valence-corrected chi connectivity index (χ0v) is 65.7. The largest absolute Gasteiger partial charge is 0.425 e. The molecule has 107 heavy (non-hydrogen) atoms. The second-order valence-corrected chi connectivity index (χ2v) is 38.1. The van der Waals surface area contributed by atoms with Crippen LogP contribution in [0.15, 0.2) is 132 Å². The van der Waals surface area contributed by atoms with Gasteiger partial charge in [-0.15, -0.1) is 12.6 Å². The highest BCUT2D eigenvalue weighted by molar-refractivity contribution is 8.08. The smallest absolute Gasteiger partial charge is 0.395 e. The lowest BCUT2D eigenvalue weighted by atomic mass is 10.1. The predicted octanol–water partition coefficient (Wildman–Crippen LogP) is 4.61. The van der Waals surface area contributed by atoms with Crippen molar-refractivity contribution in [2.75, 3.05) is 77.9 Å². The topological polar surface area (TPSA) is 491 Å². The van der Waals surface area contributed by atoms with E-state index in [0.29, 0.717) is 71.4 Å². The van der Waals surface area contributed by atoms with Crippen LogP contribution in [0.3, 0.4) is 0 Å². The molecule has 3 aromatic heterocycles. The van der Waals surface area contributed by atoms with Crippen LogP contribution in [0.4, 0.5) is 29.2 Å². The fourth-order valence-corrected chi connectivity index (χ4v) is 20.4. The number of fused-ring (bicyclic) bond motifs is 14. The third-order valence-electron chi connectivity index (χ3n) is 15.7. The molecule has 5 aromatic carbocycles. The molecule has 4 aliphatic rings. The quantitative estimate of drug-likeness (QED) is 0.0168. The van der Waals surface area contributed by atoms with Gasteiger partial charge < -0.3 is 20.4 Å². The van der Waals surface area contributed by atoms with Crippen molar-refractivity contribution in [1.82, 2.24) is 38.3 Å². The highest BCUT2D eigenvalue weighted by atomic mass is 35.5. The number of rotatable bonds is 26. The van der Waals surface area contributed by atoms with Gasteiger partial charge in [0.05, 0.1) is 78.1 Å². The number of nitrogens with one attached hydrogen (secondary N) is 4. The van der Waals surface area contributed by atoms with Gasteiger partial charge in [-0.3, -0.25) is 13.7 Å². The molecule has 12 rings (SSSR count). The van der Waals surface area contributed by atoms with Crippen molar-refractivity contribution in [1.29, 1.82) is 0 Å². The van der Waals surface area contributed by atoms with Crippen molar-refractivity contribution in [2.45, 2.75) is 70.1 Å². The van der Waals surface area contributed by atoms with E-state index in [0.717, 1.165) is 49.5 Å². The standard InChI is InChI=1S/C33H14Cl4N8.C16H24N6O5S2.C13H30N2O10S4.O3S/c34-22-20-21(23(35)25(37)24(22)36)29-40-28(20)39-26-14-7-1-2-8-15(14)27(38-26)41-30-16-9-3-5-11-18(16)32-43-33-19-12-6-4-10-17(19)31(42-29)45(33)13-44(30)32;1-4-28(23,24)17-10-6-9-14-19-15(21-16(20-14)22(2)3)18-12-7-5-8-13(11-12)29(25,26)27;1-12(9-16)14-28(22,23)7-3-5-26(18,19)11-27(20,21)6-4-8-29(24,25)15-13(2)10-17;1-4(2)3/h1-12H,13H2;5,7-8,11,17H,4,6,9-10H2,1-3H3,(H,25,26,27)(H,18,19,20,21);12-17H,3-11H2,1-2H3;. The number of sulfonamides is 3. The number of hydrogen-bond acceptors (Lipinski definition) is 28. The minimum Gasteiger partial charge on any atom is -0.395 e. The van der Waals surface area contributed by atoms with Crippen LogP contribution in [0.5, 0.6) is 0 Å². The van der Waals surface area contributed by atoms with Crippen molar-refractivity contribution in [2.24, 2.45) is 30.0 Å². The minimum atomic E-state index is -4.33. The number of benzene rings is 5. The number of sulfone groups is 2. The fraction of sp³-hybridized carbons (Fsp3) is 0.339. The Morgan fingerprint density at radius 1 is 0.542 bits per heavy atom. The van der Waals surface area contributed by atoms with Crippen LogP contribution in [-0.2, 0) is 83.6 Å². The summed E-state index contributed by atoms with van der Waals surface area (Å²) in [7, 11) is -23.0. The van der Waals surface area contributed by atoms with Crippen molar-refractivity contribution in [3.05, 3.63) is 156 Å². The molecule has 0 spiro atoms. The highest BCUT2D eigenvalue weighted by Gasteiger charge is 2.35. The molecule has 0 amide bonds. The Kier molecular flexibility index (Phi) is 26.9. The van der Waals surface area contributed by atoms with E-state index >= 15 is 0 Å². The van der Waals surface area contributed by atoms with Crippen molar-refractivity contribution < 1.29 is 77.9 Å². The molecule has 34 nitrogen and oxygen atoms in total. The van der Waals surface area contributed by atoms with Crippen LogP contribution in [0.1, 0.15) is 68.1 Å². The second-order valence-electron chi connectivity index (χ2n) is 24.2. The summed E-state index contributed by atoms with van der Waals surface area (Å²) >= 11 is 26.9. The number of halogens is 4. The summed E-state index contributed by atoms with van der Waals surface area (Å²) in [5.41, 5.74) is 4.47. The zero-order valence-electron chi connectivity index (χ0n) is 57.0. The average molecular weight is 1690 g/mol. The van der Waals surface area contributed by atoms with Gasteiger partial charge in [0.2, 0.25) is 42.0 Å². The normalized spacial score (nSPS) is 14.3. The van der Waals surface area contributed by atoms with Crippen LogP contribution in [0.2, 0.25) is 20.1 Å². The van der Waals surface area contributed by atoms with E-state index in [4.69, 9.17) is 99.2 Å². The van der Waals surface area contributed by atoms with E-state index < -0.39 is 124 Å². The summed E-state index contributed by atoms with van der Waals surface area (Å²) in [5, 5.41) is 23.7. The molecule has 0 aliphatic carbocycles. The van der Waals surface area contributed by atoms with E-state index in [1.807, 2.05) is 60.7 Å². The van der Waals surface area contributed by atoms with Gasteiger partial charge >= 0.3 is 10.6 Å². The van der Waals surface area contributed by atoms with Crippen molar-refractivity contribution in [3.63, 3.8) is 0 Å². The minimum absolute atomic E-state index is 0.0141. The number of hydrogen-bond donors (Lipinski definition) is 7. The number of nitrogens with zero attached hydrogens (tertiary/aromatic N) is 12. The third-order valence-corrected chi connectivity index (χ3v) is 27.6. The van der Waals surface area contributed by atoms with Gasteiger partial charge in [-0.2, -0.15) is 23.4 Å². The van der Waals surface area contributed by atoms with E-state index in [9.17, 15) is 55.1 Å². The Hall–Kier alpha value is -7.69. The third kappa shape index (κ3) is 21.0. The van der Waals surface area contributed by atoms with Crippen LogP contribution >= 0.6 is 46.4 Å². The van der Waals surface area contributed by atoms with E-state index in [1.165, 1.54) is 32.0 Å². The molecule has 2 atom stereocenters. The van der Waals surface area contributed by atoms with Crippen LogP contribution in [0, 0.1) is 0 Å². The number of aliphatic imine (C=N–C) groups is 4. The van der Waals surface area contributed by atoms with Gasteiger partial charge in [0.15, 0.2) is 48.1 Å². The Morgan fingerprint density at radius 3 is 1.51 bits per heavy atom. The molecule has 7 N–H and O–H groups in total. The molecule has 0 fully saturated rings. The maximum atomic E-state index is 12.0. The first kappa shape index (κ1) is 83.4. The molecule has 0 saturated carbocycles. The Bertz CT molecular complexity index is 5870. The Labute approximate surface area is 636 Å². The van der Waals surface area contributed by atoms with Crippen LogP contribution in [-0.4, -0.2) is 205 Å². The maximum Gasteiger partial charge on any atom is 0.425 e. The van der Waals surface area contributed by atoms with Gasteiger partial charge in [-0.05, 0) is 58.2 Å². The lowest BCUT2D eigenvalue weighted by molar-refractivity contribution is 0.265. The summed E-state index contributed by atoms with van der Waals surface area (Å²) in [6, 6.07) is 28.2. The van der Waals surface area contributed by atoms with Gasteiger partial charge in [-0.25, -0.2) is 86.2 Å². The van der Waals surface area contributed by atoms with E-state index in [2.05, 4.69) is 55.7 Å². The first-order chi connectivity index (χ1) is 50.2. The molecule has 7 heterocycles. The van der Waals surface area contributed by atoms with Crippen LogP contribution < -0.4 is 35.4 Å². The molecule has 574 valence electrons. The monoisotopic (exact) mass is 1690 g/mol. The summed E-state index contributed by atoms with van der Waals surface area (Å²) < 4.78 is 186. The lowest BCUT2D eigenvalue weighted by Crippen LogP contribution is -2.37. The van der Waals surface area contributed by atoms with Gasteiger partial charge in [-0.1, -0.05) is 125 Å². The second kappa shape index (κ2) is 34.5. The van der Waals surface area contributed by atoms with Gasteiger partial charge in [0.25, 0.3) is 10.1 Å². The molecule has 8 aromatic rings. The molecular formula is C62H68Cl4N16O18S7. The fourth-order valence-electron chi connectivity index (χ4n) is 10.9. The lowest BCUT2D eigenvalue weighted by Gasteiger charge is -2.15. The molecule has 4 aliphatic heterocycles. The number of amidine groups is 4. The first-order valence-electron chi connectivity index (χ1n) is 31.8. The first-order valence-corrected chi connectivity index (χ1v) is 44.4. The SMILES string of the molecule is CC(CO)NS(=O)(=O)CCCS(=O)(=O)CS(=O)(=O)CCCS(=O)(=O)NC(C)CO.CCS(=O)(=O)NCCCc1nc(Nc2cccc(S(=O)(=O)O)c2)nc(N(C)C)n1.Clc1c(Cl)c(Cl)c2c(c1Cl)C1=NC2=Nc2c3ccccc3c3n2Cn2c(c4ccccc4c2=N3)=NC2=NC(=N1)c1ccccc12.O=S(=O)=O. The Balaban J connectivity index is 0.000000189. The van der Waals surface area contributed by atoms with E-state index in [-0.39, 0.29) is 61.9 Å². The summed E-state index contributed by atoms with van der Waals surface area (Å²) in [5.74, 6) is 1.57.